The fraction of sp³-hybridized carbons (Fsp3) is 0.200. The van der Waals surface area contributed by atoms with Gasteiger partial charge in [-0.25, -0.2) is 4.39 Å². The summed E-state index contributed by atoms with van der Waals surface area (Å²) in [6.45, 7) is 0.665. The van der Waals surface area contributed by atoms with Crippen molar-refractivity contribution in [3.63, 3.8) is 0 Å². The van der Waals surface area contributed by atoms with Crippen molar-refractivity contribution in [2.24, 2.45) is 0 Å². The van der Waals surface area contributed by atoms with Gasteiger partial charge in [0.1, 0.15) is 11.6 Å². The molecule has 5 heteroatoms. The molecule has 0 bridgehead atoms. The molecule has 2 N–H and O–H groups in total. The van der Waals surface area contributed by atoms with E-state index in [0.717, 1.165) is 21.5 Å². The molecule has 0 radical (unpaired) electrons. The number of nitrogens with two attached hydrogens (primary N) is 1. The Balaban J connectivity index is 2.18. The van der Waals surface area contributed by atoms with Crippen LogP contribution >= 0.6 is 15.9 Å². The number of anilines is 2. The van der Waals surface area contributed by atoms with Gasteiger partial charge in [-0.15, -0.1) is 0 Å². The minimum absolute atomic E-state index is 0.327. The molecule has 0 spiro atoms. The Kier molecular flexibility index (Phi) is 4.49. The van der Waals surface area contributed by atoms with Crippen molar-refractivity contribution in [1.82, 2.24) is 0 Å². The molecule has 0 saturated carbocycles. The van der Waals surface area contributed by atoms with Crippen LogP contribution in [0.15, 0.2) is 40.9 Å². The third kappa shape index (κ3) is 3.22. The fourth-order valence-electron chi connectivity index (χ4n) is 2.04. The molecule has 106 valence electrons. The maximum absolute atomic E-state index is 13.1. The Hall–Kier alpha value is -1.75. The topological polar surface area (TPSA) is 38.5 Å². The van der Waals surface area contributed by atoms with Gasteiger partial charge in [-0.05, 0) is 51.8 Å². The number of benzene rings is 2. The van der Waals surface area contributed by atoms with E-state index in [1.807, 2.05) is 30.1 Å². The number of nitrogens with zero attached hydrogens (tertiary/aromatic N) is 1. The molecular formula is C15H16BrFN2O. The standard InChI is InChI=1S/C15H16BrFN2O/c1-19(14-5-4-11(17)8-13(14)18)9-10-3-6-15(20-2)12(16)7-10/h3-8H,9,18H2,1-2H3. The molecule has 0 fully saturated rings. The molecule has 0 atom stereocenters. The summed E-state index contributed by atoms with van der Waals surface area (Å²) in [5, 5.41) is 0. The molecule has 2 aromatic carbocycles. The molecular weight excluding hydrogens is 323 g/mol. The Morgan fingerprint density at radius 3 is 2.60 bits per heavy atom. The lowest BCUT2D eigenvalue weighted by atomic mass is 10.2. The minimum atomic E-state index is -0.327. The quantitative estimate of drug-likeness (QED) is 0.861. The van der Waals surface area contributed by atoms with E-state index in [2.05, 4.69) is 15.9 Å². The zero-order chi connectivity index (χ0) is 14.7. The molecule has 2 aromatic rings. The van der Waals surface area contributed by atoms with Gasteiger partial charge in [0.15, 0.2) is 0 Å². The Morgan fingerprint density at radius 2 is 2.00 bits per heavy atom. The summed E-state index contributed by atoms with van der Waals surface area (Å²) < 4.78 is 19.2. The number of ether oxygens (including phenoxy) is 1. The monoisotopic (exact) mass is 338 g/mol. The molecule has 2 rings (SSSR count). The Labute approximate surface area is 126 Å². The zero-order valence-electron chi connectivity index (χ0n) is 11.4. The molecule has 0 amide bonds. The second-order valence-corrected chi connectivity index (χ2v) is 5.38. The largest absolute Gasteiger partial charge is 0.496 e. The molecule has 0 aliphatic heterocycles. The second-order valence-electron chi connectivity index (χ2n) is 4.53. The molecule has 0 aromatic heterocycles. The van der Waals surface area contributed by atoms with Crippen molar-refractivity contribution < 1.29 is 9.13 Å². The summed E-state index contributed by atoms with van der Waals surface area (Å²) in [4.78, 5) is 1.98. The first kappa shape index (κ1) is 14.7. The number of hydrogen-bond acceptors (Lipinski definition) is 3. The molecule has 0 unspecified atom stereocenters. The molecule has 0 aliphatic rings. The van der Waals surface area contributed by atoms with Gasteiger partial charge in [0.05, 0.1) is 23.0 Å². The van der Waals surface area contributed by atoms with E-state index in [1.54, 1.807) is 13.2 Å². The van der Waals surface area contributed by atoms with Gasteiger partial charge in [-0.1, -0.05) is 6.07 Å². The summed E-state index contributed by atoms with van der Waals surface area (Å²) in [5.74, 6) is 0.463. The first-order valence-corrected chi connectivity index (χ1v) is 6.89. The summed E-state index contributed by atoms with van der Waals surface area (Å²) in [7, 11) is 3.55. The van der Waals surface area contributed by atoms with Crippen LogP contribution in [0, 0.1) is 5.82 Å². The van der Waals surface area contributed by atoms with E-state index in [1.165, 1.54) is 12.1 Å². The van der Waals surface area contributed by atoms with Crippen LogP contribution in [0.5, 0.6) is 5.75 Å². The average Bonchev–Trinajstić information content (AvgIpc) is 2.38. The highest BCUT2D eigenvalue weighted by Gasteiger charge is 2.08. The van der Waals surface area contributed by atoms with E-state index >= 15 is 0 Å². The second kappa shape index (κ2) is 6.13. The number of rotatable bonds is 4. The van der Waals surface area contributed by atoms with Crippen LogP contribution in [0.25, 0.3) is 0 Å². The minimum Gasteiger partial charge on any atom is -0.496 e. The highest BCUT2D eigenvalue weighted by atomic mass is 79.9. The van der Waals surface area contributed by atoms with Crippen LogP contribution in [-0.2, 0) is 6.54 Å². The van der Waals surface area contributed by atoms with Crippen molar-refractivity contribution in [2.75, 3.05) is 24.8 Å². The molecule has 20 heavy (non-hydrogen) atoms. The third-order valence-corrected chi connectivity index (χ3v) is 3.66. The lowest BCUT2D eigenvalue weighted by molar-refractivity contribution is 0.412. The number of methoxy groups -OCH3 is 1. The Bertz CT molecular complexity index is 619. The summed E-state index contributed by atoms with van der Waals surface area (Å²) in [5.41, 5.74) is 8.18. The van der Waals surface area contributed by atoms with Crippen LogP contribution in [0.4, 0.5) is 15.8 Å². The number of hydrogen-bond donors (Lipinski definition) is 1. The lowest BCUT2D eigenvalue weighted by Gasteiger charge is -2.21. The molecule has 0 aliphatic carbocycles. The van der Waals surface area contributed by atoms with E-state index in [4.69, 9.17) is 10.5 Å². The van der Waals surface area contributed by atoms with Crippen LogP contribution < -0.4 is 15.4 Å². The van der Waals surface area contributed by atoms with Gasteiger partial charge in [-0.3, -0.25) is 0 Å². The maximum Gasteiger partial charge on any atom is 0.133 e. The van der Waals surface area contributed by atoms with E-state index in [0.29, 0.717) is 12.2 Å². The van der Waals surface area contributed by atoms with Gasteiger partial charge in [0.2, 0.25) is 0 Å². The summed E-state index contributed by atoms with van der Waals surface area (Å²) >= 11 is 3.46. The number of halogens is 2. The highest BCUT2D eigenvalue weighted by Crippen LogP contribution is 2.28. The first-order valence-electron chi connectivity index (χ1n) is 6.10. The van der Waals surface area contributed by atoms with Crippen molar-refractivity contribution in [1.29, 1.82) is 0 Å². The van der Waals surface area contributed by atoms with E-state index < -0.39 is 0 Å². The van der Waals surface area contributed by atoms with Gasteiger partial charge < -0.3 is 15.4 Å². The molecule has 0 saturated heterocycles. The third-order valence-electron chi connectivity index (χ3n) is 3.04. The van der Waals surface area contributed by atoms with Crippen molar-refractivity contribution in [2.45, 2.75) is 6.54 Å². The van der Waals surface area contributed by atoms with E-state index in [-0.39, 0.29) is 5.82 Å². The van der Waals surface area contributed by atoms with Gasteiger partial charge >= 0.3 is 0 Å². The average molecular weight is 339 g/mol. The number of nitrogen functional groups attached to an aromatic ring is 1. The first-order chi connectivity index (χ1) is 9.51. The van der Waals surface area contributed by atoms with Crippen molar-refractivity contribution in [3.05, 3.63) is 52.3 Å². The van der Waals surface area contributed by atoms with Crippen LogP contribution in [0.1, 0.15) is 5.56 Å². The molecule has 3 nitrogen and oxygen atoms in total. The summed E-state index contributed by atoms with van der Waals surface area (Å²) in [6.07, 6.45) is 0. The van der Waals surface area contributed by atoms with Crippen molar-refractivity contribution in [3.8, 4) is 5.75 Å². The predicted molar refractivity (Wildman–Crippen MR) is 83.6 cm³/mol. The van der Waals surface area contributed by atoms with Crippen molar-refractivity contribution >= 4 is 27.3 Å². The SMILES string of the molecule is COc1ccc(CN(C)c2ccc(F)cc2N)cc1Br. The fourth-order valence-corrected chi connectivity index (χ4v) is 2.63. The Morgan fingerprint density at radius 1 is 1.25 bits per heavy atom. The van der Waals surface area contributed by atoms with E-state index in [9.17, 15) is 4.39 Å². The van der Waals surface area contributed by atoms with Crippen LogP contribution in [0.2, 0.25) is 0 Å². The molecule has 0 heterocycles. The van der Waals surface area contributed by atoms with Gasteiger partial charge in [-0.2, -0.15) is 0 Å². The van der Waals surface area contributed by atoms with Gasteiger partial charge in [0.25, 0.3) is 0 Å². The van der Waals surface area contributed by atoms with Gasteiger partial charge in [0, 0.05) is 13.6 Å². The smallest absolute Gasteiger partial charge is 0.133 e. The highest BCUT2D eigenvalue weighted by molar-refractivity contribution is 9.10. The van der Waals surface area contributed by atoms with Crippen LogP contribution in [-0.4, -0.2) is 14.2 Å². The normalized spacial score (nSPS) is 10.4. The maximum atomic E-state index is 13.1. The zero-order valence-corrected chi connectivity index (χ0v) is 12.9. The lowest BCUT2D eigenvalue weighted by Crippen LogP contribution is -2.17. The predicted octanol–water partition coefficient (Wildman–Crippen LogP) is 3.82. The summed E-state index contributed by atoms with van der Waals surface area (Å²) in [6, 6.07) is 10.3. The van der Waals surface area contributed by atoms with Crippen LogP contribution in [0.3, 0.4) is 0 Å².